The Balaban J connectivity index is 2.18. The van der Waals surface area contributed by atoms with Gasteiger partial charge in [0.2, 0.25) is 0 Å². The number of aromatic amines is 1. The molecule has 1 saturated carbocycles. The van der Waals surface area contributed by atoms with Gasteiger partial charge in [-0.1, -0.05) is 0 Å². The van der Waals surface area contributed by atoms with Crippen molar-refractivity contribution in [2.24, 2.45) is 5.73 Å². The predicted octanol–water partition coefficient (Wildman–Crippen LogP) is 0.224. The first-order valence-corrected chi connectivity index (χ1v) is 3.13. The van der Waals surface area contributed by atoms with Crippen LogP contribution in [-0.2, 0) is 0 Å². The Bertz CT molecular complexity index is 192. The second-order valence-electron chi connectivity index (χ2n) is 2.48. The molecule has 0 spiro atoms. The van der Waals surface area contributed by atoms with E-state index in [9.17, 15) is 0 Å². The summed E-state index contributed by atoms with van der Waals surface area (Å²) in [5.74, 6) is 1.56. The minimum Gasteiger partial charge on any atom is -0.348 e. The van der Waals surface area contributed by atoms with Crippen molar-refractivity contribution in [1.82, 2.24) is 9.97 Å². The van der Waals surface area contributed by atoms with Crippen LogP contribution in [0.4, 0.5) is 0 Å². The second-order valence-corrected chi connectivity index (χ2v) is 2.48. The van der Waals surface area contributed by atoms with E-state index < -0.39 is 0 Å². The fourth-order valence-corrected chi connectivity index (χ4v) is 1.01. The lowest BCUT2D eigenvalue weighted by atomic mass is 10.4. The van der Waals surface area contributed by atoms with Crippen LogP contribution < -0.4 is 5.73 Å². The Labute approximate surface area is 53.3 Å². The van der Waals surface area contributed by atoms with E-state index in [1.54, 1.807) is 6.20 Å². The normalized spacial score (nSPS) is 32.6. The third-order valence-electron chi connectivity index (χ3n) is 1.71. The molecule has 0 amide bonds. The number of nitrogens with two attached hydrogens (primary N) is 1. The average Bonchev–Trinajstić information content (AvgIpc) is 2.44. The summed E-state index contributed by atoms with van der Waals surface area (Å²) < 4.78 is 0. The summed E-state index contributed by atoms with van der Waals surface area (Å²) >= 11 is 0. The molecule has 3 N–H and O–H groups in total. The van der Waals surface area contributed by atoms with Gasteiger partial charge < -0.3 is 10.7 Å². The smallest absolute Gasteiger partial charge is 0.110 e. The number of imidazole rings is 1. The number of hydrogen-bond acceptors (Lipinski definition) is 2. The monoisotopic (exact) mass is 123 g/mol. The van der Waals surface area contributed by atoms with Crippen LogP contribution in [0.15, 0.2) is 12.4 Å². The summed E-state index contributed by atoms with van der Waals surface area (Å²) in [6.07, 6.45) is 4.69. The largest absolute Gasteiger partial charge is 0.348 e. The molecule has 1 aromatic heterocycles. The molecule has 1 aliphatic carbocycles. The maximum atomic E-state index is 5.60. The van der Waals surface area contributed by atoms with E-state index >= 15 is 0 Å². The van der Waals surface area contributed by atoms with Gasteiger partial charge in [-0.3, -0.25) is 0 Å². The molecular weight excluding hydrogens is 114 g/mol. The maximum absolute atomic E-state index is 5.60. The van der Waals surface area contributed by atoms with Gasteiger partial charge in [0.15, 0.2) is 0 Å². The van der Waals surface area contributed by atoms with E-state index in [1.807, 2.05) is 6.20 Å². The van der Waals surface area contributed by atoms with Crippen LogP contribution in [0.25, 0.3) is 0 Å². The molecule has 1 fully saturated rings. The van der Waals surface area contributed by atoms with Crippen LogP contribution in [0.2, 0.25) is 0 Å². The van der Waals surface area contributed by atoms with Crippen molar-refractivity contribution in [1.29, 1.82) is 0 Å². The van der Waals surface area contributed by atoms with Crippen molar-refractivity contribution in [3.63, 3.8) is 0 Å². The molecule has 3 nitrogen and oxygen atoms in total. The van der Waals surface area contributed by atoms with Crippen molar-refractivity contribution in [2.45, 2.75) is 18.4 Å². The Hall–Kier alpha value is -0.830. The van der Waals surface area contributed by atoms with Crippen LogP contribution in [0.3, 0.4) is 0 Å². The molecule has 0 aromatic carbocycles. The molecule has 2 rings (SSSR count). The second kappa shape index (κ2) is 1.57. The summed E-state index contributed by atoms with van der Waals surface area (Å²) in [7, 11) is 0. The number of nitrogens with zero attached hydrogens (tertiary/aromatic N) is 1. The van der Waals surface area contributed by atoms with Crippen LogP contribution in [0.1, 0.15) is 18.2 Å². The van der Waals surface area contributed by atoms with Crippen LogP contribution in [0.5, 0.6) is 0 Å². The Morgan fingerprint density at radius 2 is 2.56 bits per heavy atom. The number of nitrogens with one attached hydrogen (secondary N) is 1. The number of hydrogen-bond donors (Lipinski definition) is 2. The molecule has 1 aliphatic rings. The maximum Gasteiger partial charge on any atom is 0.110 e. The summed E-state index contributed by atoms with van der Waals surface area (Å²) in [6, 6.07) is 0.358. The Morgan fingerprint density at radius 1 is 1.78 bits per heavy atom. The van der Waals surface area contributed by atoms with E-state index in [-0.39, 0.29) is 0 Å². The lowest BCUT2D eigenvalue weighted by Crippen LogP contribution is -2.01. The zero-order valence-electron chi connectivity index (χ0n) is 5.04. The Morgan fingerprint density at radius 3 is 3.00 bits per heavy atom. The third-order valence-corrected chi connectivity index (χ3v) is 1.71. The fraction of sp³-hybridized carbons (Fsp3) is 0.500. The molecule has 1 heterocycles. The number of rotatable bonds is 1. The molecule has 2 unspecified atom stereocenters. The van der Waals surface area contributed by atoms with Crippen LogP contribution in [-0.4, -0.2) is 16.0 Å². The summed E-state index contributed by atoms with van der Waals surface area (Å²) in [4.78, 5) is 7.13. The first kappa shape index (κ1) is 4.99. The minimum atomic E-state index is 0.358. The summed E-state index contributed by atoms with van der Waals surface area (Å²) in [5.41, 5.74) is 5.60. The Kier molecular flexibility index (Phi) is 0.873. The highest BCUT2D eigenvalue weighted by Crippen LogP contribution is 2.36. The molecule has 2 atom stereocenters. The van der Waals surface area contributed by atoms with Crippen molar-refractivity contribution < 1.29 is 0 Å². The molecule has 48 valence electrons. The van der Waals surface area contributed by atoms with Crippen LogP contribution >= 0.6 is 0 Å². The SMILES string of the molecule is NC1CC1c1ncc[nH]1. The zero-order chi connectivity index (χ0) is 6.27. The van der Waals surface area contributed by atoms with Gasteiger partial charge in [0.25, 0.3) is 0 Å². The van der Waals surface area contributed by atoms with Gasteiger partial charge in [-0.2, -0.15) is 0 Å². The first-order valence-electron chi connectivity index (χ1n) is 3.13. The molecule has 1 aromatic rings. The highest BCUT2D eigenvalue weighted by molar-refractivity contribution is 5.12. The van der Waals surface area contributed by atoms with Gasteiger partial charge in [-0.05, 0) is 6.42 Å². The molecule has 0 aliphatic heterocycles. The van der Waals surface area contributed by atoms with E-state index in [0.717, 1.165) is 12.2 Å². The molecule has 0 bridgehead atoms. The number of aromatic nitrogens is 2. The quantitative estimate of drug-likeness (QED) is 0.561. The lowest BCUT2D eigenvalue weighted by Gasteiger charge is -1.86. The minimum absolute atomic E-state index is 0.358. The molecular formula is C6H9N3. The van der Waals surface area contributed by atoms with Crippen molar-refractivity contribution in [3.8, 4) is 0 Å². The highest BCUT2D eigenvalue weighted by atomic mass is 14.9. The first-order chi connectivity index (χ1) is 4.38. The van der Waals surface area contributed by atoms with Gasteiger partial charge in [0, 0.05) is 24.4 Å². The van der Waals surface area contributed by atoms with Crippen molar-refractivity contribution in [3.05, 3.63) is 18.2 Å². The van der Waals surface area contributed by atoms with Crippen LogP contribution in [0, 0.1) is 0 Å². The third kappa shape index (κ3) is 0.733. The van der Waals surface area contributed by atoms with E-state index in [1.165, 1.54) is 0 Å². The topological polar surface area (TPSA) is 54.7 Å². The van der Waals surface area contributed by atoms with E-state index in [4.69, 9.17) is 5.73 Å². The van der Waals surface area contributed by atoms with Gasteiger partial charge in [0.05, 0.1) is 0 Å². The molecule has 0 radical (unpaired) electrons. The van der Waals surface area contributed by atoms with Crippen molar-refractivity contribution in [2.75, 3.05) is 0 Å². The lowest BCUT2D eigenvalue weighted by molar-refractivity contribution is 0.914. The molecule has 0 saturated heterocycles. The zero-order valence-corrected chi connectivity index (χ0v) is 5.04. The van der Waals surface area contributed by atoms with E-state index in [0.29, 0.717) is 12.0 Å². The standard InChI is InChI=1S/C6H9N3/c7-5-3-4(5)6-8-1-2-9-6/h1-2,4-5H,3,7H2,(H,8,9). The van der Waals surface area contributed by atoms with Crippen molar-refractivity contribution >= 4 is 0 Å². The summed E-state index contributed by atoms with van der Waals surface area (Å²) in [5, 5.41) is 0. The fourth-order valence-electron chi connectivity index (χ4n) is 1.01. The summed E-state index contributed by atoms with van der Waals surface area (Å²) in [6.45, 7) is 0. The average molecular weight is 123 g/mol. The van der Waals surface area contributed by atoms with Gasteiger partial charge in [-0.25, -0.2) is 4.98 Å². The highest BCUT2D eigenvalue weighted by Gasteiger charge is 2.36. The van der Waals surface area contributed by atoms with E-state index in [2.05, 4.69) is 9.97 Å². The molecule has 9 heavy (non-hydrogen) atoms. The predicted molar refractivity (Wildman–Crippen MR) is 33.9 cm³/mol. The van der Waals surface area contributed by atoms with Gasteiger partial charge in [0.1, 0.15) is 5.82 Å². The molecule has 3 heteroatoms. The van der Waals surface area contributed by atoms with Gasteiger partial charge >= 0.3 is 0 Å². The number of H-pyrrole nitrogens is 1. The van der Waals surface area contributed by atoms with Gasteiger partial charge in [-0.15, -0.1) is 0 Å².